The van der Waals surface area contributed by atoms with E-state index >= 15 is 0 Å². The van der Waals surface area contributed by atoms with Gasteiger partial charge >= 0.3 is 0 Å². The van der Waals surface area contributed by atoms with E-state index in [0.717, 1.165) is 24.1 Å². The summed E-state index contributed by atoms with van der Waals surface area (Å²) >= 11 is 1.87. The van der Waals surface area contributed by atoms with Crippen LogP contribution in [0.4, 0.5) is 0 Å². The molecule has 1 saturated heterocycles. The highest BCUT2D eigenvalue weighted by atomic mass is 32.2. The first kappa shape index (κ1) is 13.5. The minimum Gasteiger partial charge on any atom is -0.361 e. The van der Waals surface area contributed by atoms with Crippen LogP contribution in [0.15, 0.2) is 35.3 Å². The SMILES string of the molecule is CC(C)CC1CSC(=NCCc2ccccc2)N1. The van der Waals surface area contributed by atoms with Gasteiger partial charge in [-0.15, -0.1) is 0 Å². The molecule has 3 heteroatoms. The molecular formula is C15H22N2S. The van der Waals surface area contributed by atoms with E-state index in [2.05, 4.69) is 54.5 Å². The van der Waals surface area contributed by atoms with Crippen molar-refractivity contribution in [2.24, 2.45) is 10.9 Å². The topological polar surface area (TPSA) is 24.4 Å². The summed E-state index contributed by atoms with van der Waals surface area (Å²) in [4.78, 5) is 4.64. The van der Waals surface area contributed by atoms with E-state index in [4.69, 9.17) is 0 Å². The maximum Gasteiger partial charge on any atom is 0.156 e. The average molecular weight is 262 g/mol. The maximum absolute atomic E-state index is 4.64. The van der Waals surface area contributed by atoms with E-state index in [-0.39, 0.29) is 0 Å². The minimum atomic E-state index is 0.616. The highest BCUT2D eigenvalue weighted by molar-refractivity contribution is 8.14. The Morgan fingerprint density at radius 1 is 1.33 bits per heavy atom. The molecular weight excluding hydrogens is 240 g/mol. The first-order chi connectivity index (χ1) is 8.74. The molecule has 0 aliphatic carbocycles. The van der Waals surface area contributed by atoms with Gasteiger partial charge in [0.25, 0.3) is 0 Å². The number of benzene rings is 1. The summed E-state index contributed by atoms with van der Waals surface area (Å²) in [7, 11) is 0. The molecule has 0 amide bonds. The molecule has 2 nitrogen and oxygen atoms in total. The molecule has 18 heavy (non-hydrogen) atoms. The Bertz CT molecular complexity index is 387. The number of nitrogens with one attached hydrogen (secondary N) is 1. The van der Waals surface area contributed by atoms with Gasteiger partial charge in [0.1, 0.15) is 0 Å². The zero-order chi connectivity index (χ0) is 12.8. The summed E-state index contributed by atoms with van der Waals surface area (Å²) in [5.41, 5.74) is 1.36. The molecule has 1 aliphatic heterocycles. The van der Waals surface area contributed by atoms with Gasteiger partial charge in [0, 0.05) is 18.3 Å². The van der Waals surface area contributed by atoms with Crippen LogP contribution >= 0.6 is 11.8 Å². The molecule has 1 aromatic carbocycles. The van der Waals surface area contributed by atoms with E-state index < -0.39 is 0 Å². The van der Waals surface area contributed by atoms with Crippen LogP contribution in [0, 0.1) is 5.92 Å². The summed E-state index contributed by atoms with van der Waals surface area (Å²) in [5.74, 6) is 1.93. The highest BCUT2D eigenvalue weighted by Crippen LogP contribution is 2.19. The second-order valence-corrected chi connectivity index (χ2v) is 6.21. The van der Waals surface area contributed by atoms with E-state index in [1.807, 2.05) is 11.8 Å². The molecule has 0 saturated carbocycles. The van der Waals surface area contributed by atoms with Crippen LogP contribution in [-0.2, 0) is 6.42 Å². The predicted molar refractivity (Wildman–Crippen MR) is 81.3 cm³/mol. The van der Waals surface area contributed by atoms with Crippen LogP contribution < -0.4 is 5.32 Å². The van der Waals surface area contributed by atoms with Gasteiger partial charge in [-0.3, -0.25) is 4.99 Å². The lowest BCUT2D eigenvalue weighted by atomic mass is 10.1. The number of thioether (sulfide) groups is 1. The number of nitrogens with zero attached hydrogens (tertiary/aromatic N) is 1. The first-order valence-corrected chi connectivity index (χ1v) is 7.70. The lowest BCUT2D eigenvalue weighted by molar-refractivity contribution is 0.502. The Morgan fingerprint density at radius 3 is 2.83 bits per heavy atom. The van der Waals surface area contributed by atoms with Gasteiger partial charge in [-0.05, 0) is 24.3 Å². The molecule has 1 aliphatic rings. The molecule has 1 fully saturated rings. The Labute approximate surface area is 114 Å². The Kier molecular flexibility index (Phi) is 5.12. The van der Waals surface area contributed by atoms with Gasteiger partial charge in [0.2, 0.25) is 0 Å². The molecule has 1 heterocycles. The van der Waals surface area contributed by atoms with Gasteiger partial charge in [-0.25, -0.2) is 0 Å². The third-order valence-electron chi connectivity index (χ3n) is 3.00. The van der Waals surface area contributed by atoms with Gasteiger partial charge < -0.3 is 5.32 Å². The van der Waals surface area contributed by atoms with E-state index in [1.54, 1.807) is 0 Å². The molecule has 98 valence electrons. The molecule has 1 N–H and O–H groups in total. The lowest BCUT2D eigenvalue weighted by Gasteiger charge is -2.11. The number of rotatable bonds is 5. The predicted octanol–water partition coefficient (Wildman–Crippen LogP) is 3.34. The monoisotopic (exact) mass is 262 g/mol. The third-order valence-corrected chi connectivity index (χ3v) is 4.09. The minimum absolute atomic E-state index is 0.616. The molecule has 1 unspecified atom stereocenters. The van der Waals surface area contributed by atoms with Gasteiger partial charge in [0.15, 0.2) is 5.17 Å². The van der Waals surface area contributed by atoms with Crippen LogP contribution in [0.2, 0.25) is 0 Å². The average Bonchev–Trinajstić information content (AvgIpc) is 2.77. The summed E-state index contributed by atoms with van der Waals surface area (Å²) in [6.07, 6.45) is 2.27. The number of amidine groups is 1. The zero-order valence-corrected chi connectivity index (χ0v) is 12.0. The van der Waals surface area contributed by atoms with Gasteiger partial charge in [-0.1, -0.05) is 55.9 Å². The molecule has 0 radical (unpaired) electrons. The smallest absolute Gasteiger partial charge is 0.156 e. The number of hydrogen-bond acceptors (Lipinski definition) is 2. The fourth-order valence-corrected chi connectivity index (χ4v) is 3.17. The highest BCUT2D eigenvalue weighted by Gasteiger charge is 2.20. The Hall–Kier alpha value is -0.960. The lowest BCUT2D eigenvalue weighted by Crippen LogP contribution is -2.28. The van der Waals surface area contributed by atoms with Crippen molar-refractivity contribution in [2.75, 3.05) is 12.3 Å². The molecule has 0 bridgehead atoms. The van der Waals surface area contributed by atoms with Crippen molar-refractivity contribution in [2.45, 2.75) is 32.7 Å². The van der Waals surface area contributed by atoms with Crippen molar-refractivity contribution < 1.29 is 0 Å². The number of hydrogen-bond donors (Lipinski definition) is 1. The zero-order valence-electron chi connectivity index (χ0n) is 11.2. The maximum atomic E-state index is 4.64. The second-order valence-electron chi connectivity index (χ2n) is 5.20. The summed E-state index contributed by atoms with van der Waals surface area (Å²) in [5, 5.41) is 4.66. The largest absolute Gasteiger partial charge is 0.361 e. The molecule has 2 rings (SSSR count). The first-order valence-electron chi connectivity index (χ1n) is 6.71. The van der Waals surface area contributed by atoms with Crippen molar-refractivity contribution in [3.8, 4) is 0 Å². The van der Waals surface area contributed by atoms with Crippen molar-refractivity contribution in [1.82, 2.24) is 5.32 Å². The van der Waals surface area contributed by atoms with Crippen LogP contribution in [0.1, 0.15) is 25.8 Å². The van der Waals surface area contributed by atoms with Crippen molar-refractivity contribution in [3.63, 3.8) is 0 Å². The summed E-state index contributed by atoms with van der Waals surface area (Å²) in [6.45, 7) is 5.43. The van der Waals surface area contributed by atoms with Crippen LogP contribution in [0.3, 0.4) is 0 Å². The Morgan fingerprint density at radius 2 is 2.11 bits per heavy atom. The molecule has 0 spiro atoms. The molecule has 1 aromatic rings. The van der Waals surface area contributed by atoms with Crippen LogP contribution in [0.25, 0.3) is 0 Å². The van der Waals surface area contributed by atoms with Crippen molar-refractivity contribution in [1.29, 1.82) is 0 Å². The fourth-order valence-electron chi connectivity index (χ4n) is 2.16. The standard InChI is InChI=1S/C15H22N2S/c1-12(2)10-14-11-18-15(17-14)16-9-8-13-6-4-3-5-7-13/h3-7,12,14H,8-11H2,1-2H3,(H,16,17). The number of aliphatic imine (C=N–C) groups is 1. The second kappa shape index (κ2) is 6.83. The summed E-state index contributed by atoms with van der Waals surface area (Å²) < 4.78 is 0. The van der Waals surface area contributed by atoms with E-state index in [0.29, 0.717) is 6.04 Å². The summed E-state index contributed by atoms with van der Waals surface area (Å²) in [6, 6.07) is 11.2. The normalized spacial score (nSPS) is 21.5. The van der Waals surface area contributed by atoms with Gasteiger partial charge in [0.05, 0.1) is 0 Å². The van der Waals surface area contributed by atoms with Crippen LogP contribution in [0.5, 0.6) is 0 Å². The Balaban J connectivity index is 1.74. The fraction of sp³-hybridized carbons (Fsp3) is 0.533. The quantitative estimate of drug-likeness (QED) is 0.880. The van der Waals surface area contributed by atoms with Crippen LogP contribution in [-0.4, -0.2) is 23.5 Å². The van der Waals surface area contributed by atoms with E-state index in [1.165, 1.54) is 17.7 Å². The third kappa shape index (κ3) is 4.37. The van der Waals surface area contributed by atoms with E-state index in [9.17, 15) is 0 Å². The van der Waals surface area contributed by atoms with Crippen molar-refractivity contribution in [3.05, 3.63) is 35.9 Å². The molecule has 1 atom stereocenters. The van der Waals surface area contributed by atoms with Crippen molar-refractivity contribution >= 4 is 16.9 Å². The molecule has 0 aromatic heterocycles. The van der Waals surface area contributed by atoms with Gasteiger partial charge in [-0.2, -0.15) is 0 Å².